The maximum Gasteiger partial charge on any atom is 1.00 e. The summed E-state index contributed by atoms with van der Waals surface area (Å²) in [6.07, 6.45) is 3.30. The quantitative estimate of drug-likeness (QED) is 0.310. The first-order chi connectivity index (χ1) is 8.58. The Hall–Kier alpha value is -1.09. The third-order valence-corrected chi connectivity index (χ3v) is 3.75. The summed E-state index contributed by atoms with van der Waals surface area (Å²) in [6, 6.07) is 0. The number of thioether (sulfide) groups is 1. The van der Waals surface area contributed by atoms with Gasteiger partial charge in [0.1, 0.15) is 11.1 Å². The average molecular weight is 286 g/mol. The standard InChI is InChI=1S/C10H8N4O3S.Na/c1-13-3-5(11-12-13)2-6-8(15)14-7(10(16)17)4-18-9(6)14;/h2-4,9H,1H3,(H,16,17);/q;+1/p-1/t9-;/m1./s1. The van der Waals surface area contributed by atoms with Gasteiger partial charge in [-0.15, -0.1) is 16.9 Å². The SMILES string of the molecule is Cn1cc(C=C2C(=O)N3C(C(=O)[O-])=CS[C@H]23)nn1.[Na+]. The molecule has 1 aromatic heterocycles. The van der Waals surface area contributed by atoms with Crippen molar-refractivity contribution in [2.45, 2.75) is 5.37 Å². The summed E-state index contributed by atoms with van der Waals surface area (Å²) in [6.45, 7) is 0. The first-order valence-corrected chi connectivity index (χ1v) is 6.00. The van der Waals surface area contributed by atoms with Crippen LogP contribution in [-0.4, -0.2) is 37.1 Å². The van der Waals surface area contributed by atoms with E-state index in [1.165, 1.54) is 26.8 Å². The number of amides is 1. The molecule has 0 aliphatic carbocycles. The number of aliphatic carboxylic acids is 1. The Morgan fingerprint density at radius 1 is 1.58 bits per heavy atom. The molecule has 0 N–H and O–H groups in total. The van der Waals surface area contributed by atoms with Crippen LogP contribution in [0.25, 0.3) is 6.08 Å². The van der Waals surface area contributed by atoms with Crippen molar-refractivity contribution < 1.29 is 44.3 Å². The fraction of sp³-hybridized carbons (Fsp3) is 0.200. The van der Waals surface area contributed by atoms with E-state index in [4.69, 9.17) is 0 Å². The monoisotopic (exact) mass is 286 g/mol. The zero-order valence-electron chi connectivity index (χ0n) is 10.2. The molecule has 0 saturated carbocycles. The Bertz CT molecular complexity index is 624. The van der Waals surface area contributed by atoms with Crippen molar-refractivity contribution in [2.75, 3.05) is 0 Å². The van der Waals surface area contributed by atoms with Crippen LogP contribution in [-0.2, 0) is 16.6 Å². The summed E-state index contributed by atoms with van der Waals surface area (Å²) in [5.74, 6) is -1.66. The number of β-lactam (4-membered cyclic amide) rings is 1. The second kappa shape index (κ2) is 5.12. The molecule has 9 heteroatoms. The predicted octanol–water partition coefficient (Wildman–Crippen LogP) is -4.29. The van der Waals surface area contributed by atoms with Crippen LogP contribution in [0.4, 0.5) is 0 Å². The molecule has 92 valence electrons. The first-order valence-electron chi connectivity index (χ1n) is 5.06. The van der Waals surface area contributed by atoms with Gasteiger partial charge in [0.05, 0.1) is 23.4 Å². The van der Waals surface area contributed by atoms with Crippen molar-refractivity contribution in [1.29, 1.82) is 0 Å². The molecule has 0 unspecified atom stereocenters. The normalized spacial score (nSPS) is 22.7. The number of carbonyl (C=O) groups is 2. The van der Waals surface area contributed by atoms with Crippen LogP contribution in [0.3, 0.4) is 0 Å². The summed E-state index contributed by atoms with van der Waals surface area (Å²) < 4.78 is 1.53. The summed E-state index contributed by atoms with van der Waals surface area (Å²) in [4.78, 5) is 23.8. The van der Waals surface area contributed by atoms with Crippen LogP contribution in [0.15, 0.2) is 22.9 Å². The fourth-order valence-electron chi connectivity index (χ4n) is 1.85. The third kappa shape index (κ3) is 2.25. The number of hydrogen-bond acceptors (Lipinski definition) is 6. The van der Waals surface area contributed by atoms with E-state index >= 15 is 0 Å². The molecule has 7 nitrogen and oxygen atoms in total. The van der Waals surface area contributed by atoms with Gasteiger partial charge in [-0.3, -0.25) is 14.4 Å². The number of carboxylic acid groups (broad SMARTS) is 1. The smallest absolute Gasteiger partial charge is 0.543 e. The minimum atomic E-state index is -1.34. The van der Waals surface area contributed by atoms with E-state index in [9.17, 15) is 14.7 Å². The zero-order valence-corrected chi connectivity index (χ0v) is 13.0. The number of aryl methyl sites for hydroxylation is 1. The van der Waals surface area contributed by atoms with Gasteiger partial charge in [0.25, 0.3) is 5.91 Å². The van der Waals surface area contributed by atoms with Crippen LogP contribution in [0.1, 0.15) is 5.69 Å². The molecule has 1 atom stereocenters. The summed E-state index contributed by atoms with van der Waals surface area (Å²) in [7, 11) is 1.73. The van der Waals surface area contributed by atoms with E-state index in [0.29, 0.717) is 11.3 Å². The van der Waals surface area contributed by atoms with Crippen molar-refractivity contribution >= 4 is 29.7 Å². The fourth-order valence-corrected chi connectivity index (χ4v) is 2.96. The minimum Gasteiger partial charge on any atom is -0.543 e. The van der Waals surface area contributed by atoms with Crippen LogP contribution in [0.2, 0.25) is 0 Å². The van der Waals surface area contributed by atoms with E-state index in [2.05, 4.69) is 10.3 Å². The van der Waals surface area contributed by atoms with Gasteiger partial charge in [-0.05, 0) is 11.5 Å². The molecule has 19 heavy (non-hydrogen) atoms. The molecule has 1 saturated heterocycles. The third-order valence-electron chi connectivity index (χ3n) is 2.67. The number of carbonyl (C=O) groups excluding carboxylic acids is 2. The van der Waals surface area contributed by atoms with E-state index in [-0.39, 0.29) is 46.5 Å². The van der Waals surface area contributed by atoms with Crippen molar-refractivity contribution in [3.63, 3.8) is 0 Å². The Kier molecular flexibility index (Phi) is 3.86. The number of aromatic nitrogens is 3. The summed E-state index contributed by atoms with van der Waals surface area (Å²) in [5, 5.41) is 19.5. The summed E-state index contributed by atoms with van der Waals surface area (Å²) in [5.41, 5.74) is 1.02. The Morgan fingerprint density at radius 3 is 2.89 bits per heavy atom. The molecular formula is C10H7N4NaO3S. The number of fused-ring (bicyclic) bond motifs is 1. The topological polar surface area (TPSA) is 91.2 Å². The number of rotatable bonds is 2. The van der Waals surface area contributed by atoms with E-state index < -0.39 is 5.97 Å². The second-order valence-corrected chi connectivity index (χ2v) is 4.83. The van der Waals surface area contributed by atoms with Crippen molar-refractivity contribution in [2.24, 2.45) is 7.05 Å². The number of hydrogen-bond donors (Lipinski definition) is 0. The van der Waals surface area contributed by atoms with Gasteiger partial charge >= 0.3 is 29.6 Å². The van der Waals surface area contributed by atoms with Crippen molar-refractivity contribution in [1.82, 2.24) is 19.9 Å². The molecule has 0 aromatic carbocycles. The van der Waals surface area contributed by atoms with Crippen LogP contribution in [0, 0.1) is 0 Å². The van der Waals surface area contributed by atoms with Gasteiger partial charge in [0.15, 0.2) is 0 Å². The van der Waals surface area contributed by atoms with E-state index in [0.717, 1.165) is 0 Å². The van der Waals surface area contributed by atoms with Gasteiger partial charge < -0.3 is 9.90 Å². The number of carboxylic acids is 1. The van der Waals surface area contributed by atoms with Crippen LogP contribution >= 0.6 is 11.8 Å². The van der Waals surface area contributed by atoms with Crippen LogP contribution < -0.4 is 34.7 Å². The van der Waals surface area contributed by atoms with Gasteiger partial charge in [0.2, 0.25) is 0 Å². The molecule has 0 spiro atoms. The van der Waals surface area contributed by atoms with Crippen molar-refractivity contribution in [3.05, 3.63) is 28.6 Å². The Morgan fingerprint density at radius 2 is 2.32 bits per heavy atom. The van der Waals surface area contributed by atoms with Gasteiger partial charge in [-0.2, -0.15) is 0 Å². The molecule has 2 aliphatic heterocycles. The second-order valence-electron chi connectivity index (χ2n) is 3.87. The molecule has 1 fully saturated rings. The average Bonchev–Trinajstić information content (AvgIpc) is 2.89. The van der Waals surface area contributed by atoms with Gasteiger partial charge in [-0.25, -0.2) is 0 Å². The Balaban J connectivity index is 0.00000133. The van der Waals surface area contributed by atoms with Crippen molar-refractivity contribution in [3.8, 4) is 0 Å². The predicted molar refractivity (Wildman–Crippen MR) is 60.3 cm³/mol. The molecule has 0 radical (unpaired) electrons. The molecule has 2 aliphatic rings. The molecular weight excluding hydrogens is 279 g/mol. The molecule has 0 bridgehead atoms. The van der Waals surface area contributed by atoms with Crippen LogP contribution in [0.5, 0.6) is 0 Å². The van der Waals surface area contributed by atoms with Gasteiger partial charge in [-0.1, -0.05) is 5.21 Å². The maximum atomic E-state index is 11.8. The van der Waals surface area contributed by atoms with E-state index in [1.807, 2.05) is 0 Å². The van der Waals surface area contributed by atoms with Gasteiger partial charge in [0, 0.05) is 7.05 Å². The molecule has 3 rings (SSSR count). The zero-order chi connectivity index (χ0) is 12.9. The number of nitrogens with zero attached hydrogens (tertiary/aromatic N) is 4. The molecule has 1 aromatic rings. The molecule has 1 amide bonds. The first kappa shape index (κ1) is 14.3. The molecule has 3 heterocycles. The Labute approximate surface area is 134 Å². The maximum absolute atomic E-state index is 11.8. The summed E-state index contributed by atoms with van der Waals surface area (Å²) >= 11 is 1.27. The van der Waals surface area contributed by atoms with E-state index in [1.54, 1.807) is 19.3 Å². The largest absolute Gasteiger partial charge is 1.00 e. The minimum absolute atomic E-state index is 0.